The van der Waals surface area contributed by atoms with E-state index < -0.39 is 0 Å². The average molecular weight is 143 g/mol. The monoisotopic (exact) mass is 143 g/mol. The van der Waals surface area contributed by atoms with Gasteiger partial charge in [-0.1, -0.05) is 6.92 Å². The average Bonchev–Trinajstić information content (AvgIpc) is 2.47. The lowest BCUT2D eigenvalue weighted by molar-refractivity contribution is 0.171. The summed E-state index contributed by atoms with van der Waals surface area (Å²) in [5, 5.41) is 3.48. The molecule has 0 amide bonds. The molecular weight excluding hydrogens is 126 g/mol. The van der Waals surface area contributed by atoms with Gasteiger partial charge in [-0.25, -0.2) is 0 Å². The van der Waals surface area contributed by atoms with Crippen LogP contribution < -0.4 is 5.32 Å². The molecular formula is C8H17NO. The minimum Gasteiger partial charge on any atom is -0.383 e. The zero-order valence-electron chi connectivity index (χ0n) is 7.05. The topological polar surface area (TPSA) is 21.3 Å². The largest absolute Gasteiger partial charge is 0.383 e. The highest BCUT2D eigenvalue weighted by molar-refractivity contribution is 4.90. The number of ether oxygens (including phenoxy) is 1. The van der Waals surface area contributed by atoms with E-state index in [-0.39, 0.29) is 0 Å². The number of rotatable bonds is 4. The molecule has 1 N–H and O–H groups in total. The Bertz CT molecular complexity index is 105. The van der Waals surface area contributed by atoms with Crippen LogP contribution in [0.25, 0.3) is 0 Å². The smallest absolute Gasteiger partial charge is 0.0613 e. The van der Waals surface area contributed by atoms with E-state index >= 15 is 0 Å². The van der Waals surface area contributed by atoms with Crippen LogP contribution in [0.15, 0.2) is 0 Å². The van der Waals surface area contributed by atoms with Crippen LogP contribution in [0, 0.1) is 5.92 Å². The van der Waals surface area contributed by atoms with E-state index in [2.05, 4.69) is 19.2 Å². The Hall–Kier alpha value is -0.0800. The Balaban J connectivity index is 2.01. The summed E-state index contributed by atoms with van der Waals surface area (Å²) >= 11 is 0. The normalized spacial score (nSPS) is 33.9. The lowest BCUT2D eigenvalue weighted by atomic mass is 10.3. The van der Waals surface area contributed by atoms with Crippen molar-refractivity contribution in [1.82, 2.24) is 5.32 Å². The van der Waals surface area contributed by atoms with Crippen molar-refractivity contribution in [1.29, 1.82) is 0 Å². The standard InChI is InChI=1S/C8H17NO/c1-6-4-8(6)9-7(2)5-10-3/h6-9H,4-5H2,1-3H3/t6-,7?,8-/m1/s1. The van der Waals surface area contributed by atoms with Gasteiger partial charge in [0.05, 0.1) is 6.61 Å². The molecule has 1 aliphatic carbocycles. The minimum absolute atomic E-state index is 0.514. The molecule has 1 fully saturated rings. The third-order valence-corrected chi connectivity index (χ3v) is 2.02. The zero-order chi connectivity index (χ0) is 7.56. The lowest BCUT2D eigenvalue weighted by Crippen LogP contribution is -2.32. The predicted octanol–water partition coefficient (Wildman–Crippen LogP) is 1.02. The minimum atomic E-state index is 0.514. The quantitative estimate of drug-likeness (QED) is 0.634. The molecule has 0 bridgehead atoms. The Morgan fingerprint density at radius 3 is 2.70 bits per heavy atom. The molecule has 0 radical (unpaired) electrons. The Morgan fingerprint density at radius 1 is 1.70 bits per heavy atom. The van der Waals surface area contributed by atoms with Gasteiger partial charge in [0.2, 0.25) is 0 Å². The third-order valence-electron chi connectivity index (χ3n) is 2.02. The molecule has 1 rings (SSSR count). The second-order valence-corrected chi connectivity index (χ2v) is 3.34. The Kier molecular flexibility index (Phi) is 2.69. The number of hydrogen-bond acceptors (Lipinski definition) is 2. The van der Waals surface area contributed by atoms with Crippen molar-refractivity contribution in [3.8, 4) is 0 Å². The Labute approximate surface area is 63.0 Å². The molecule has 2 heteroatoms. The summed E-state index contributed by atoms with van der Waals surface area (Å²) in [5.74, 6) is 0.888. The van der Waals surface area contributed by atoms with Crippen LogP contribution in [0.5, 0.6) is 0 Å². The van der Waals surface area contributed by atoms with Crippen molar-refractivity contribution in [2.75, 3.05) is 13.7 Å². The zero-order valence-corrected chi connectivity index (χ0v) is 7.05. The molecule has 1 saturated carbocycles. The molecule has 0 aromatic rings. The van der Waals surface area contributed by atoms with Gasteiger partial charge in [-0.15, -0.1) is 0 Å². The molecule has 10 heavy (non-hydrogen) atoms. The molecule has 0 heterocycles. The first-order valence-electron chi connectivity index (χ1n) is 3.99. The summed E-state index contributed by atoms with van der Waals surface area (Å²) in [6.07, 6.45) is 1.34. The highest BCUT2D eigenvalue weighted by Crippen LogP contribution is 2.29. The van der Waals surface area contributed by atoms with Crippen LogP contribution in [-0.2, 0) is 4.74 Å². The van der Waals surface area contributed by atoms with Crippen LogP contribution in [0.4, 0.5) is 0 Å². The van der Waals surface area contributed by atoms with E-state index in [1.165, 1.54) is 6.42 Å². The summed E-state index contributed by atoms with van der Waals surface area (Å²) in [6.45, 7) is 5.26. The first kappa shape index (κ1) is 8.02. The molecule has 2 nitrogen and oxygen atoms in total. The SMILES string of the molecule is COCC(C)N[C@@H]1C[C@H]1C. The van der Waals surface area contributed by atoms with Crippen molar-refractivity contribution in [3.05, 3.63) is 0 Å². The number of methoxy groups -OCH3 is 1. The van der Waals surface area contributed by atoms with E-state index in [1.807, 2.05) is 0 Å². The van der Waals surface area contributed by atoms with Crippen LogP contribution >= 0.6 is 0 Å². The van der Waals surface area contributed by atoms with E-state index in [1.54, 1.807) is 7.11 Å². The first-order chi connectivity index (χ1) is 4.74. The summed E-state index contributed by atoms with van der Waals surface area (Å²) in [5.41, 5.74) is 0. The van der Waals surface area contributed by atoms with Gasteiger partial charge in [0, 0.05) is 19.2 Å². The van der Waals surface area contributed by atoms with Gasteiger partial charge in [-0.05, 0) is 19.3 Å². The van der Waals surface area contributed by atoms with Crippen molar-refractivity contribution in [3.63, 3.8) is 0 Å². The van der Waals surface area contributed by atoms with Crippen LogP contribution in [-0.4, -0.2) is 25.8 Å². The summed E-state index contributed by atoms with van der Waals surface area (Å²) in [4.78, 5) is 0. The van der Waals surface area contributed by atoms with Gasteiger partial charge < -0.3 is 10.1 Å². The number of nitrogens with one attached hydrogen (secondary N) is 1. The fraction of sp³-hybridized carbons (Fsp3) is 1.00. The summed E-state index contributed by atoms with van der Waals surface area (Å²) in [7, 11) is 1.74. The van der Waals surface area contributed by atoms with Gasteiger partial charge in [-0.2, -0.15) is 0 Å². The van der Waals surface area contributed by atoms with Gasteiger partial charge in [0.25, 0.3) is 0 Å². The van der Waals surface area contributed by atoms with Crippen LogP contribution in [0.1, 0.15) is 20.3 Å². The van der Waals surface area contributed by atoms with Crippen molar-refractivity contribution in [2.24, 2.45) is 5.92 Å². The maximum Gasteiger partial charge on any atom is 0.0613 e. The van der Waals surface area contributed by atoms with Crippen LogP contribution in [0.2, 0.25) is 0 Å². The van der Waals surface area contributed by atoms with Gasteiger partial charge in [0.1, 0.15) is 0 Å². The summed E-state index contributed by atoms with van der Waals surface area (Å²) < 4.78 is 5.01. The molecule has 1 aliphatic rings. The maximum atomic E-state index is 5.01. The van der Waals surface area contributed by atoms with E-state index in [0.29, 0.717) is 6.04 Å². The fourth-order valence-corrected chi connectivity index (χ4v) is 1.22. The summed E-state index contributed by atoms with van der Waals surface area (Å²) in [6, 6.07) is 1.28. The van der Waals surface area contributed by atoms with Crippen LogP contribution in [0.3, 0.4) is 0 Å². The first-order valence-corrected chi connectivity index (χ1v) is 3.99. The Morgan fingerprint density at radius 2 is 2.30 bits per heavy atom. The number of hydrogen-bond donors (Lipinski definition) is 1. The van der Waals surface area contributed by atoms with Crippen molar-refractivity contribution < 1.29 is 4.74 Å². The second kappa shape index (κ2) is 3.35. The molecule has 1 unspecified atom stereocenters. The van der Waals surface area contributed by atoms with E-state index in [9.17, 15) is 0 Å². The van der Waals surface area contributed by atoms with Crippen molar-refractivity contribution >= 4 is 0 Å². The van der Waals surface area contributed by atoms with Gasteiger partial charge in [0.15, 0.2) is 0 Å². The lowest BCUT2D eigenvalue weighted by Gasteiger charge is -2.11. The molecule has 60 valence electrons. The van der Waals surface area contributed by atoms with E-state index in [4.69, 9.17) is 4.74 Å². The fourth-order valence-electron chi connectivity index (χ4n) is 1.22. The third kappa shape index (κ3) is 2.27. The second-order valence-electron chi connectivity index (χ2n) is 3.34. The highest BCUT2D eigenvalue weighted by Gasteiger charge is 2.32. The van der Waals surface area contributed by atoms with E-state index in [0.717, 1.165) is 18.6 Å². The maximum absolute atomic E-state index is 5.01. The molecule has 3 atom stereocenters. The molecule has 0 aromatic carbocycles. The van der Waals surface area contributed by atoms with Gasteiger partial charge >= 0.3 is 0 Å². The molecule has 0 aromatic heterocycles. The van der Waals surface area contributed by atoms with Gasteiger partial charge in [-0.3, -0.25) is 0 Å². The predicted molar refractivity (Wildman–Crippen MR) is 42.0 cm³/mol. The molecule has 0 aliphatic heterocycles. The molecule has 0 saturated heterocycles. The highest BCUT2D eigenvalue weighted by atomic mass is 16.5. The molecule has 0 spiro atoms. The van der Waals surface area contributed by atoms with Crippen molar-refractivity contribution in [2.45, 2.75) is 32.4 Å².